The van der Waals surface area contributed by atoms with E-state index in [-0.39, 0.29) is 10.6 Å². The molecule has 0 spiro atoms. The van der Waals surface area contributed by atoms with Crippen molar-refractivity contribution < 1.29 is 13.3 Å². The predicted octanol–water partition coefficient (Wildman–Crippen LogP) is 3.02. The lowest BCUT2D eigenvalue weighted by molar-refractivity contribution is -0.385. The fourth-order valence-corrected chi connectivity index (χ4v) is 4.92. The quantitative estimate of drug-likeness (QED) is 0.572. The highest BCUT2D eigenvalue weighted by Crippen LogP contribution is 2.33. The van der Waals surface area contributed by atoms with Crippen molar-refractivity contribution in [1.29, 1.82) is 0 Å². The van der Waals surface area contributed by atoms with Crippen molar-refractivity contribution in [3.8, 4) is 0 Å². The topological polar surface area (TPSA) is 83.8 Å². The van der Waals surface area contributed by atoms with Gasteiger partial charge in [-0.25, -0.2) is 8.42 Å². The van der Waals surface area contributed by atoms with Crippen molar-refractivity contribution in [2.24, 2.45) is 0 Å². The lowest BCUT2D eigenvalue weighted by atomic mass is 10.2. The molecule has 138 valence electrons. The Kier molecular flexibility index (Phi) is 5.24. The summed E-state index contributed by atoms with van der Waals surface area (Å²) in [4.78, 5) is 12.4. The minimum absolute atomic E-state index is 0.00738. The minimum atomic E-state index is -3.78. The first kappa shape index (κ1) is 18.3. The largest absolute Gasteiger partial charge is 0.369 e. The van der Waals surface area contributed by atoms with Gasteiger partial charge in [0.2, 0.25) is 10.0 Å². The zero-order valence-electron chi connectivity index (χ0n) is 14.5. The maximum absolute atomic E-state index is 13.1. The van der Waals surface area contributed by atoms with E-state index in [2.05, 4.69) is 0 Å². The van der Waals surface area contributed by atoms with Crippen molar-refractivity contribution in [3.05, 3.63) is 64.2 Å². The summed E-state index contributed by atoms with van der Waals surface area (Å²) in [6.07, 6.45) is 1.62. The van der Waals surface area contributed by atoms with Gasteiger partial charge in [-0.1, -0.05) is 30.3 Å². The average molecular weight is 375 g/mol. The first-order valence-electron chi connectivity index (χ1n) is 8.43. The second kappa shape index (κ2) is 7.43. The summed E-state index contributed by atoms with van der Waals surface area (Å²) in [6.45, 7) is 1.40. The number of nitro groups is 1. The predicted molar refractivity (Wildman–Crippen MR) is 99.6 cm³/mol. The van der Waals surface area contributed by atoms with E-state index in [1.54, 1.807) is 7.05 Å². The Morgan fingerprint density at radius 2 is 1.77 bits per heavy atom. The molecule has 8 heteroatoms. The molecule has 1 aliphatic heterocycles. The molecule has 0 radical (unpaired) electrons. The monoisotopic (exact) mass is 375 g/mol. The summed E-state index contributed by atoms with van der Waals surface area (Å²) in [5, 5.41) is 11.2. The molecule has 0 bridgehead atoms. The zero-order valence-corrected chi connectivity index (χ0v) is 15.4. The molecule has 1 heterocycles. The molecule has 2 aromatic carbocycles. The third-order valence-electron chi connectivity index (χ3n) is 4.51. The highest BCUT2D eigenvalue weighted by molar-refractivity contribution is 7.89. The summed E-state index contributed by atoms with van der Waals surface area (Å²) in [6, 6.07) is 13.7. The zero-order chi connectivity index (χ0) is 18.7. The molecule has 3 rings (SSSR count). The number of anilines is 1. The number of sulfonamides is 1. The van der Waals surface area contributed by atoms with E-state index in [1.807, 2.05) is 35.2 Å². The standard InChI is InChI=1S/C18H21N3O4S/c1-19(14-15-7-3-2-4-8-15)17-10-9-16(21(22)23)13-18(17)26(24,25)20-11-5-6-12-20/h2-4,7-10,13H,5-6,11-12,14H2,1H3. The number of nitro benzene ring substituents is 1. The van der Waals surface area contributed by atoms with Gasteiger partial charge in [0.05, 0.1) is 10.6 Å². The SMILES string of the molecule is CN(Cc1ccccc1)c1ccc([N+](=O)[O-])cc1S(=O)(=O)N1CCCC1. The van der Waals surface area contributed by atoms with Crippen molar-refractivity contribution in [2.75, 3.05) is 25.0 Å². The normalized spacial score (nSPS) is 15.1. The van der Waals surface area contributed by atoms with Crippen LogP contribution in [0.25, 0.3) is 0 Å². The Morgan fingerprint density at radius 3 is 2.38 bits per heavy atom. The van der Waals surface area contributed by atoms with Crippen LogP contribution in [0.4, 0.5) is 11.4 Å². The van der Waals surface area contributed by atoms with E-state index in [0.29, 0.717) is 25.3 Å². The fraction of sp³-hybridized carbons (Fsp3) is 0.333. The van der Waals surface area contributed by atoms with Gasteiger partial charge >= 0.3 is 0 Å². The van der Waals surface area contributed by atoms with Gasteiger partial charge in [-0.2, -0.15) is 4.31 Å². The molecule has 0 saturated carbocycles. The molecule has 0 amide bonds. The smallest absolute Gasteiger partial charge is 0.270 e. The number of hydrogen-bond donors (Lipinski definition) is 0. The van der Waals surface area contributed by atoms with Crippen molar-refractivity contribution in [3.63, 3.8) is 0 Å². The molecular weight excluding hydrogens is 354 g/mol. The van der Waals surface area contributed by atoms with Crippen LogP contribution in [0.2, 0.25) is 0 Å². The number of non-ortho nitro benzene ring substituents is 1. The van der Waals surface area contributed by atoms with Crippen LogP contribution in [0.5, 0.6) is 0 Å². The van der Waals surface area contributed by atoms with Crippen LogP contribution < -0.4 is 4.90 Å². The molecule has 7 nitrogen and oxygen atoms in total. The number of benzene rings is 2. The molecule has 0 atom stereocenters. The number of hydrogen-bond acceptors (Lipinski definition) is 5. The molecule has 1 aliphatic rings. The maximum atomic E-state index is 13.1. The Labute approximate surface area is 153 Å². The van der Waals surface area contributed by atoms with Crippen molar-refractivity contribution in [2.45, 2.75) is 24.3 Å². The molecule has 0 aliphatic carbocycles. The fourth-order valence-electron chi connectivity index (χ4n) is 3.15. The Bertz CT molecular complexity index is 894. The van der Waals surface area contributed by atoms with Crippen molar-refractivity contribution >= 4 is 21.4 Å². The average Bonchev–Trinajstić information content (AvgIpc) is 3.17. The lowest BCUT2D eigenvalue weighted by Gasteiger charge is -2.24. The van der Waals surface area contributed by atoms with Gasteiger partial charge in [0.25, 0.3) is 5.69 Å². The molecule has 0 aromatic heterocycles. The molecule has 2 aromatic rings. The first-order chi connectivity index (χ1) is 12.4. The van der Waals surface area contributed by atoms with Gasteiger partial charge in [0.15, 0.2) is 0 Å². The van der Waals surface area contributed by atoms with Crippen LogP contribution in [-0.2, 0) is 16.6 Å². The van der Waals surface area contributed by atoms with E-state index < -0.39 is 14.9 Å². The third-order valence-corrected chi connectivity index (χ3v) is 6.44. The second-order valence-electron chi connectivity index (χ2n) is 6.36. The van der Waals surface area contributed by atoms with Crippen LogP contribution in [0.1, 0.15) is 18.4 Å². The number of rotatable bonds is 6. The van der Waals surface area contributed by atoms with Crippen LogP contribution in [0.15, 0.2) is 53.4 Å². The second-order valence-corrected chi connectivity index (χ2v) is 8.27. The summed E-state index contributed by atoms with van der Waals surface area (Å²) in [7, 11) is -1.99. The van der Waals surface area contributed by atoms with Gasteiger partial charge in [-0.15, -0.1) is 0 Å². The highest BCUT2D eigenvalue weighted by atomic mass is 32.2. The summed E-state index contributed by atoms with van der Waals surface area (Å²) in [5.41, 5.74) is 1.27. The Morgan fingerprint density at radius 1 is 1.12 bits per heavy atom. The van der Waals surface area contributed by atoms with Crippen LogP contribution in [0.3, 0.4) is 0 Å². The van der Waals surface area contributed by atoms with E-state index in [9.17, 15) is 18.5 Å². The summed E-state index contributed by atoms with van der Waals surface area (Å²) < 4.78 is 27.5. The summed E-state index contributed by atoms with van der Waals surface area (Å²) in [5.74, 6) is 0. The van der Waals surface area contributed by atoms with Gasteiger partial charge in [-0.05, 0) is 24.5 Å². The minimum Gasteiger partial charge on any atom is -0.369 e. The van der Waals surface area contributed by atoms with Gasteiger partial charge in [-0.3, -0.25) is 10.1 Å². The number of nitrogens with zero attached hydrogens (tertiary/aromatic N) is 3. The molecule has 26 heavy (non-hydrogen) atoms. The molecule has 1 fully saturated rings. The van der Waals surface area contributed by atoms with Crippen molar-refractivity contribution in [1.82, 2.24) is 4.31 Å². The van der Waals surface area contributed by atoms with E-state index in [4.69, 9.17) is 0 Å². The van der Waals surface area contributed by atoms with Crippen LogP contribution in [-0.4, -0.2) is 37.8 Å². The molecule has 0 N–H and O–H groups in total. The van der Waals surface area contributed by atoms with Gasteiger partial charge in [0.1, 0.15) is 4.90 Å². The lowest BCUT2D eigenvalue weighted by Crippen LogP contribution is -2.30. The van der Waals surface area contributed by atoms with E-state index in [1.165, 1.54) is 22.5 Å². The van der Waals surface area contributed by atoms with Gasteiger partial charge < -0.3 is 4.90 Å². The van der Waals surface area contributed by atoms with Gasteiger partial charge in [0, 0.05) is 38.8 Å². The Balaban J connectivity index is 2.02. The molecule has 0 unspecified atom stereocenters. The molecular formula is C18H21N3O4S. The maximum Gasteiger partial charge on any atom is 0.270 e. The van der Waals surface area contributed by atoms with E-state index >= 15 is 0 Å². The summed E-state index contributed by atoms with van der Waals surface area (Å²) >= 11 is 0. The molecule has 1 saturated heterocycles. The first-order valence-corrected chi connectivity index (χ1v) is 9.87. The van der Waals surface area contributed by atoms with Crippen LogP contribution >= 0.6 is 0 Å². The Hall–Kier alpha value is -2.45. The highest BCUT2D eigenvalue weighted by Gasteiger charge is 2.31. The van der Waals surface area contributed by atoms with E-state index in [0.717, 1.165) is 18.4 Å². The van der Waals surface area contributed by atoms with Crippen LogP contribution in [0, 0.1) is 10.1 Å². The third kappa shape index (κ3) is 3.71.